The van der Waals surface area contributed by atoms with Gasteiger partial charge < -0.3 is 16.0 Å². The molecule has 28 heavy (non-hydrogen) atoms. The number of hydrogen-bond donors (Lipinski definition) is 3. The average molecular weight is 403 g/mol. The molecular formula is C16H13N5O6S. The van der Waals surface area contributed by atoms with Crippen LogP contribution in [0.5, 0.6) is 0 Å². The molecule has 2 rings (SSSR count). The summed E-state index contributed by atoms with van der Waals surface area (Å²) < 4.78 is 0. The van der Waals surface area contributed by atoms with Gasteiger partial charge in [0.1, 0.15) is 0 Å². The van der Waals surface area contributed by atoms with Crippen molar-refractivity contribution in [1.29, 1.82) is 0 Å². The van der Waals surface area contributed by atoms with E-state index < -0.39 is 27.1 Å². The summed E-state index contributed by atoms with van der Waals surface area (Å²) in [5, 5.41) is 29.6. The van der Waals surface area contributed by atoms with Gasteiger partial charge in [-0.15, -0.1) is 0 Å². The Labute approximate surface area is 163 Å². The maximum atomic E-state index is 12.3. The SMILES string of the molecule is CC(=O)NC(=S)Nc1ccc(NC(=O)c2cc([N+](=O)[O-])cc([N+](=O)[O-])c2)cc1. The lowest BCUT2D eigenvalue weighted by Crippen LogP contribution is -2.32. The molecule has 0 aliphatic heterocycles. The van der Waals surface area contributed by atoms with Crippen LogP contribution in [0.15, 0.2) is 42.5 Å². The topological polar surface area (TPSA) is 157 Å². The fourth-order valence-electron chi connectivity index (χ4n) is 2.10. The Hall–Kier alpha value is -3.93. The van der Waals surface area contributed by atoms with Crippen molar-refractivity contribution in [2.24, 2.45) is 0 Å². The Morgan fingerprint density at radius 3 is 1.79 bits per heavy atom. The molecule has 0 spiro atoms. The van der Waals surface area contributed by atoms with Crippen LogP contribution in [0.4, 0.5) is 22.7 Å². The van der Waals surface area contributed by atoms with Gasteiger partial charge in [-0.25, -0.2) is 0 Å². The molecule has 0 atom stereocenters. The van der Waals surface area contributed by atoms with Gasteiger partial charge in [-0.1, -0.05) is 0 Å². The Bertz CT molecular complexity index is 944. The Morgan fingerprint density at radius 1 is 0.893 bits per heavy atom. The van der Waals surface area contributed by atoms with Crippen molar-refractivity contribution >= 4 is 51.9 Å². The summed E-state index contributed by atoms with van der Waals surface area (Å²) >= 11 is 4.92. The molecule has 0 saturated carbocycles. The third-order valence-electron chi connectivity index (χ3n) is 3.28. The van der Waals surface area contributed by atoms with Crippen molar-refractivity contribution in [1.82, 2.24) is 5.32 Å². The Kier molecular flexibility index (Phi) is 6.29. The first-order chi connectivity index (χ1) is 13.2. The van der Waals surface area contributed by atoms with Crippen LogP contribution < -0.4 is 16.0 Å². The highest BCUT2D eigenvalue weighted by Gasteiger charge is 2.20. The molecule has 11 nitrogen and oxygen atoms in total. The number of non-ortho nitro benzene ring substituents is 2. The molecule has 2 aromatic rings. The Balaban J connectivity index is 2.14. The zero-order valence-electron chi connectivity index (χ0n) is 14.3. The molecule has 0 heterocycles. The number of hydrogen-bond acceptors (Lipinski definition) is 7. The van der Waals surface area contributed by atoms with Crippen LogP contribution in [-0.4, -0.2) is 26.8 Å². The maximum Gasteiger partial charge on any atom is 0.277 e. The predicted molar refractivity (Wildman–Crippen MR) is 104 cm³/mol. The molecule has 0 bridgehead atoms. The highest BCUT2D eigenvalue weighted by Crippen LogP contribution is 2.23. The second-order valence-electron chi connectivity index (χ2n) is 5.42. The number of thiocarbonyl (C=S) groups is 1. The molecular weight excluding hydrogens is 390 g/mol. The second-order valence-corrected chi connectivity index (χ2v) is 5.83. The van der Waals surface area contributed by atoms with Crippen LogP contribution in [-0.2, 0) is 4.79 Å². The van der Waals surface area contributed by atoms with Gasteiger partial charge in [-0.2, -0.15) is 0 Å². The summed E-state index contributed by atoms with van der Waals surface area (Å²) in [4.78, 5) is 43.4. The maximum absolute atomic E-state index is 12.3. The fraction of sp³-hybridized carbons (Fsp3) is 0.0625. The highest BCUT2D eigenvalue weighted by atomic mass is 32.1. The van der Waals surface area contributed by atoms with Crippen molar-refractivity contribution in [3.05, 3.63) is 68.3 Å². The number of benzene rings is 2. The molecule has 0 saturated heterocycles. The van der Waals surface area contributed by atoms with E-state index in [0.717, 1.165) is 18.2 Å². The van der Waals surface area contributed by atoms with Crippen molar-refractivity contribution in [2.75, 3.05) is 10.6 Å². The number of carbonyl (C=O) groups excluding carboxylic acids is 2. The Morgan fingerprint density at radius 2 is 1.36 bits per heavy atom. The standard InChI is InChI=1S/C16H13N5O6S/c1-9(22)17-16(28)19-12-4-2-11(3-5-12)18-15(23)10-6-13(20(24)25)8-14(7-10)21(26)27/h2-8H,1H3,(H,18,23)(H2,17,19,22,28). The van der Waals surface area contributed by atoms with Crippen LogP contribution in [0.25, 0.3) is 0 Å². The zero-order chi connectivity index (χ0) is 20.8. The molecule has 0 unspecified atom stereocenters. The third kappa shape index (κ3) is 5.54. The van der Waals surface area contributed by atoms with Crippen molar-refractivity contribution < 1.29 is 19.4 Å². The lowest BCUT2D eigenvalue weighted by molar-refractivity contribution is -0.394. The number of amides is 2. The van der Waals surface area contributed by atoms with E-state index in [-0.39, 0.29) is 16.6 Å². The van der Waals surface area contributed by atoms with Crippen LogP contribution in [0, 0.1) is 20.2 Å². The molecule has 0 aliphatic carbocycles. The van der Waals surface area contributed by atoms with E-state index in [0.29, 0.717) is 11.4 Å². The summed E-state index contributed by atoms with van der Waals surface area (Å²) in [5.74, 6) is -1.08. The van der Waals surface area contributed by atoms with E-state index in [1.165, 1.54) is 19.1 Å². The first-order valence-corrected chi connectivity index (χ1v) is 8.00. The minimum absolute atomic E-state index is 0.105. The summed E-state index contributed by atoms with van der Waals surface area (Å²) in [6.45, 7) is 1.31. The molecule has 0 aromatic heterocycles. The highest BCUT2D eigenvalue weighted by molar-refractivity contribution is 7.80. The number of nitro benzene ring substituents is 2. The smallest absolute Gasteiger partial charge is 0.277 e. The molecule has 2 amide bonds. The average Bonchev–Trinajstić information content (AvgIpc) is 2.62. The zero-order valence-corrected chi connectivity index (χ0v) is 15.1. The normalized spacial score (nSPS) is 9.89. The van der Waals surface area contributed by atoms with Crippen molar-refractivity contribution in [3.63, 3.8) is 0 Å². The summed E-state index contributed by atoms with van der Waals surface area (Å²) in [5.41, 5.74) is -0.469. The number of nitrogens with zero attached hydrogens (tertiary/aromatic N) is 2. The summed E-state index contributed by atoms with van der Waals surface area (Å²) in [6, 6.07) is 8.84. The summed E-state index contributed by atoms with van der Waals surface area (Å²) in [6.07, 6.45) is 0. The lowest BCUT2D eigenvalue weighted by atomic mass is 10.1. The largest absolute Gasteiger partial charge is 0.332 e. The quantitative estimate of drug-likeness (QED) is 0.390. The van der Waals surface area contributed by atoms with Gasteiger partial charge in [0, 0.05) is 30.4 Å². The monoisotopic (exact) mass is 403 g/mol. The van der Waals surface area contributed by atoms with Crippen LogP contribution >= 0.6 is 12.2 Å². The number of nitro groups is 2. The van der Waals surface area contributed by atoms with Crippen LogP contribution in [0.3, 0.4) is 0 Å². The van der Waals surface area contributed by atoms with E-state index in [1.807, 2.05) is 0 Å². The third-order valence-corrected chi connectivity index (χ3v) is 3.48. The van der Waals surface area contributed by atoms with E-state index >= 15 is 0 Å². The van der Waals surface area contributed by atoms with Crippen LogP contribution in [0.1, 0.15) is 17.3 Å². The van der Waals surface area contributed by atoms with Gasteiger partial charge in [-0.05, 0) is 36.5 Å². The van der Waals surface area contributed by atoms with Crippen LogP contribution in [0.2, 0.25) is 0 Å². The van der Waals surface area contributed by atoms with Gasteiger partial charge >= 0.3 is 0 Å². The van der Waals surface area contributed by atoms with Crippen molar-refractivity contribution in [2.45, 2.75) is 6.92 Å². The number of anilines is 2. The molecule has 3 N–H and O–H groups in total. The number of nitrogens with one attached hydrogen (secondary N) is 3. The summed E-state index contributed by atoms with van der Waals surface area (Å²) in [7, 11) is 0. The molecule has 144 valence electrons. The minimum atomic E-state index is -0.817. The molecule has 12 heteroatoms. The number of rotatable bonds is 5. The van der Waals surface area contributed by atoms with E-state index in [2.05, 4.69) is 16.0 Å². The predicted octanol–water partition coefficient (Wildman–Crippen LogP) is 2.59. The number of carbonyl (C=O) groups is 2. The first kappa shape index (κ1) is 20.4. The molecule has 0 fully saturated rings. The van der Waals surface area contributed by atoms with Crippen molar-refractivity contribution in [3.8, 4) is 0 Å². The van der Waals surface area contributed by atoms with Gasteiger partial charge in [0.05, 0.1) is 21.5 Å². The second kappa shape index (κ2) is 8.64. The molecule has 2 aromatic carbocycles. The van der Waals surface area contributed by atoms with E-state index in [4.69, 9.17) is 12.2 Å². The minimum Gasteiger partial charge on any atom is -0.332 e. The van der Waals surface area contributed by atoms with E-state index in [9.17, 15) is 29.8 Å². The van der Waals surface area contributed by atoms with Gasteiger partial charge in [0.15, 0.2) is 5.11 Å². The first-order valence-electron chi connectivity index (χ1n) is 7.59. The lowest BCUT2D eigenvalue weighted by Gasteiger charge is -2.09. The fourth-order valence-corrected chi connectivity index (χ4v) is 2.36. The van der Waals surface area contributed by atoms with Gasteiger partial charge in [0.25, 0.3) is 17.3 Å². The van der Waals surface area contributed by atoms with Gasteiger partial charge in [-0.3, -0.25) is 29.8 Å². The molecule has 0 aliphatic rings. The molecule has 0 radical (unpaired) electrons. The van der Waals surface area contributed by atoms with Gasteiger partial charge in [0.2, 0.25) is 5.91 Å². The van der Waals surface area contributed by atoms with E-state index in [1.54, 1.807) is 12.1 Å².